The van der Waals surface area contributed by atoms with Crippen LogP contribution in [0.1, 0.15) is 15.9 Å². The van der Waals surface area contributed by atoms with Gasteiger partial charge in [0.15, 0.2) is 0 Å². The number of alkyl halides is 1. The molecule has 0 radical (unpaired) electrons. The Kier molecular flexibility index (Phi) is 5.44. The Labute approximate surface area is 112 Å². The van der Waals surface area contributed by atoms with Gasteiger partial charge >= 0.3 is 0 Å². The fourth-order valence-corrected chi connectivity index (χ4v) is 1.98. The summed E-state index contributed by atoms with van der Waals surface area (Å²) < 4.78 is 4.91. The average molecular weight is 272 g/mol. The number of carbonyl (C=O) groups is 1. The molecule has 1 rings (SSSR count). The number of nitrogens with zero attached hydrogens (tertiary/aromatic N) is 1. The van der Waals surface area contributed by atoms with E-state index < -0.39 is 0 Å². The molecule has 0 aliphatic carbocycles. The molecule has 0 aliphatic rings. The Balaban J connectivity index is 2.77. The Hall–Kier alpha value is -1.26. The van der Waals surface area contributed by atoms with Gasteiger partial charge < -0.3 is 14.7 Å². The summed E-state index contributed by atoms with van der Waals surface area (Å²) in [6.45, 7) is 2.49. The van der Waals surface area contributed by atoms with Crippen molar-refractivity contribution in [3.05, 3.63) is 29.3 Å². The van der Waals surface area contributed by atoms with E-state index in [0.717, 1.165) is 0 Å². The number of halogens is 1. The monoisotopic (exact) mass is 271 g/mol. The van der Waals surface area contributed by atoms with Crippen LogP contribution in [0, 0.1) is 6.92 Å². The van der Waals surface area contributed by atoms with Crippen LogP contribution in [0.2, 0.25) is 0 Å². The van der Waals surface area contributed by atoms with E-state index in [0.29, 0.717) is 24.3 Å². The molecule has 1 N–H and O–H groups in total. The summed E-state index contributed by atoms with van der Waals surface area (Å²) in [5, 5.41) is 9.58. The number of phenols is 1. The third kappa shape index (κ3) is 3.62. The predicted octanol–water partition coefficient (Wildman–Crippen LogP) is 2.03. The number of methoxy groups -OCH3 is 1. The lowest BCUT2D eigenvalue weighted by Crippen LogP contribution is -2.34. The highest BCUT2D eigenvalue weighted by Gasteiger charge is 2.18. The zero-order valence-corrected chi connectivity index (χ0v) is 11.6. The predicted molar refractivity (Wildman–Crippen MR) is 71.3 cm³/mol. The van der Waals surface area contributed by atoms with Gasteiger partial charge in [0.05, 0.1) is 17.5 Å². The number of hydrogen-bond donors (Lipinski definition) is 1. The van der Waals surface area contributed by atoms with Gasteiger partial charge in [-0.2, -0.15) is 0 Å². The van der Waals surface area contributed by atoms with Gasteiger partial charge in [-0.3, -0.25) is 4.79 Å². The molecule has 1 atom stereocenters. The summed E-state index contributed by atoms with van der Waals surface area (Å²) in [4.78, 5) is 13.6. The van der Waals surface area contributed by atoms with E-state index in [1.807, 2.05) is 0 Å². The largest absolute Gasteiger partial charge is 0.507 e. The molecule has 1 aromatic carbocycles. The van der Waals surface area contributed by atoms with Gasteiger partial charge in [-0.15, -0.1) is 11.6 Å². The van der Waals surface area contributed by atoms with Crippen LogP contribution in [0.5, 0.6) is 5.75 Å². The fraction of sp³-hybridized carbons (Fsp3) is 0.462. The van der Waals surface area contributed by atoms with Crippen LogP contribution >= 0.6 is 11.6 Å². The van der Waals surface area contributed by atoms with Gasteiger partial charge in [-0.25, -0.2) is 0 Å². The Morgan fingerprint density at radius 3 is 2.83 bits per heavy atom. The van der Waals surface area contributed by atoms with Crippen LogP contribution in [0.3, 0.4) is 0 Å². The molecule has 0 heterocycles. The van der Waals surface area contributed by atoms with Crippen molar-refractivity contribution in [2.75, 3.05) is 27.3 Å². The standard InChI is InChI=1S/C13H18ClNO3/c1-9-5-4-6-11(12(9)16)13(17)15(2)7-10(14)8-18-3/h4-6,10,16H,7-8H2,1-3H3. The molecule has 0 spiro atoms. The van der Waals surface area contributed by atoms with Crippen molar-refractivity contribution in [3.63, 3.8) is 0 Å². The van der Waals surface area contributed by atoms with Crippen LogP contribution in [-0.4, -0.2) is 48.6 Å². The summed E-state index contributed by atoms with van der Waals surface area (Å²) in [6, 6.07) is 5.09. The molecule has 0 aliphatic heterocycles. The number of rotatable bonds is 5. The maximum Gasteiger partial charge on any atom is 0.257 e. The van der Waals surface area contributed by atoms with Crippen LogP contribution in [0.15, 0.2) is 18.2 Å². The quantitative estimate of drug-likeness (QED) is 0.834. The minimum Gasteiger partial charge on any atom is -0.507 e. The van der Waals surface area contributed by atoms with Crippen molar-refractivity contribution in [1.82, 2.24) is 4.90 Å². The van der Waals surface area contributed by atoms with Crippen molar-refractivity contribution in [2.45, 2.75) is 12.3 Å². The first-order valence-corrected chi connectivity index (χ1v) is 6.08. The first-order valence-electron chi connectivity index (χ1n) is 5.64. The summed E-state index contributed by atoms with van der Waals surface area (Å²) in [7, 11) is 3.21. The van der Waals surface area contributed by atoms with E-state index in [1.165, 1.54) is 4.90 Å². The van der Waals surface area contributed by atoms with Gasteiger partial charge in [0.25, 0.3) is 5.91 Å². The Morgan fingerprint density at radius 2 is 2.22 bits per heavy atom. The fourth-order valence-electron chi connectivity index (χ4n) is 1.65. The van der Waals surface area contributed by atoms with E-state index in [-0.39, 0.29) is 17.0 Å². The lowest BCUT2D eigenvalue weighted by molar-refractivity contribution is 0.0778. The summed E-state index contributed by atoms with van der Waals surface area (Å²) in [5.74, 6) is -0.231. The Bertz CT molecular complexity index is 423. The number of aromatic hydroxyl groups is 1. The molecule has 1 amide bonds. The third-order valence-electron chi connectivity index (χ3n) is 2.63. The molecule has 5 heteroatoms. The number of carbonyl (C=O) groups excluding carboxylic acids is 1. The summed E-state index contributed by atoms with van der Waals surface area (Å²) in [6.07, 6.45) is 0. The van der Waals surface area contributed by atoms with Gasteiger partial charge in [0, 0.05) is 20.7 Å². The van der Waals surface area contributed by atoms with Crippen LogP contribution in [0.4, 0.5) is 0 Å². The zero-order chi connectivity index (χ0) is 13.7. The van der Waals surface area contributed by atoms with E-state index in [4.69, 9.17) is 16.3 Å². The van der Waals surface area contributed by atoms with Gasteiger partial charge in [-0.1, -0.05) is 12.1 Å². The number of phenolic OH excluding ortho intramolecular Hbond substituents is 1. The number of benzene rings is 1. The molecule has 4 nitrogen and oxygen atoms in total. The molecule has 0 saturated heterocycles. The molecular formula is C13H18ClNO3. The first kappa shape index (κ1) is 14.8. The van der Waals surface area contributed by atoms with Crippen molar-refractivity contribution in [2.24, 2.45) is 0 Å². The van der Waals surface area contributed by atoms with Crippen LogP contribution in [-0.2, 0) is 4.74 Å². The molecule has 100 valence electrons. The van der Waals surface area contributed by atoms with Crippen LogP contribution in [0.25, 0.3) is 0 Å². The van der Waals surface area contributed by atoms with Gasteiger partial charge in [-0.05, 0) is 18.6 Å². The third-order valence-corrected chi connectivity index (χ3v) is 2.90. The summed E-state index contributed by atoms with van der Waals surface area (Å²) >= 11 is 6.00. The minimum absolute atomic E-state index is 0.0206. The molecule has 1 aromatic rings. The topological polar surface area (TPSA) is 49.8 Å². The minimum atomic E-state index is -0.268. The average Bonchev–Trinajstić information content (AvgIpc) is 2.32. The second kappa shape index (κ2) is 6.61. The highest BCUT2D eigenvalue weighted by atomic mass is 35.5. The van der Waals surface area contributed by atoms with Crippen molar-refractivity contribution in [3.8, 4) is 5.75 Å². The second-order valence-corrected chi connectivity index (χ2v) is 4.83. The summed E-state index contributed by atoms with van der Waals surface area (Å²) in [5.41, 5.74) is 0.965. The molecule has 0 fully saturated rings. The van der Waals surface area contributed by atoms with Crippen molar-refractivity contribution < 1.29 is 14.6 Å². The molecule has 0 saturated carbocycles. The Morgan fingerprint density at radius 1 is 1.56 bits per heavy atom. The van der Waals surface area contributed by atoms with Crippen molar-refractivity contribution in [1.29, 1.82) is 0 Å². The van der Waals surface area contributed by atoms with E-state index in [2.05, 4.69) is 0 Å². The first-order chi connectivity index (χ1) is 8.47. The number of para-hydroxylation sites is 1. The van der Waals surface area contributed by atoms with E-state index >= 15 is 0 Å². The maximum atomic E-state index is 12.1. The SMILES string of the molecule is COCC(Cl)CN(C)C(=O)c1cccc(C)c1O. The number of ether oxygens (including phenoxy) is 1. The van der Waals surface area contributed by atoms with Crippen LogP contribution < -0.4 is 0 Å². The number of amides is 1. The maximum absolute atomic E-state index is 12.1. The normalized spacial score (nSPS) is 12.2. The highest BCUT2D eigenvalue weighted by Crippen LogP contribution is 2.22. The second-order valence-electron chi connectivity index (χ2n) is 4.21. The molecule has 18 heavy (non-hydrogen) atoms. The van der Waals surface area contributed by atoms with Gasteiger partial charge in [0.2, 0.25) is 0 Å². The smallest absolute Gasteiger partial charge is 0.257 e. The van der Waals surface area contributed by atoms with E-state index in [1.54, 1.807) is 39.3 Å². The van der Waals surface area contributed by atoms with Crippen molar-refractivity contribution >= 4 is 17.5 Å². The van der Waals surface area contributed by atoms with Gasteiger partial charge in [0.1, 0.15) is 5.75 Å². The molecular weight excluding hydrogens is 254 g/mol. The number of aryl methyl sites for hydroxylation is 1. The zero-order valence-electron chi connectivity index (χ0n) is 10.8. The lowest BCUT2D eigenvalue weighted by atomic mass is 10.1. The molecule has 0 aromatic heterocycles. The molecule has 0 bridgehead atoms. The van der Waals surface area contributed by atoms with E-state index in [9.17, 15) is 9.90 Å². The number of hydrogen-bond acceptors (Lipinski definition) is 3. The highest BCUT2D eigenvalue weighted by molar-refractivity contribution is 6.21. The molecule has 1 unspecified atom stereocenters. The lowest BCUT2D eigenvalue weighted by Gasteiger charge is -2.20.